The zero-order valence-electron chi connectivity index (χ0n) is 11.0. The van der Waals surface area contributed by atoms with Gasteiger partial charge in [-0.3, -0.25) is 0 Å². The third kappa shape index (κ3) is 4.25. The summed E-state index contributed by atoms with van der Waals surface area (Å²) in [5.74, 6) is 0.654. The van der Waals surface area contributed by atoms with E-state index < -0.39 is 0 Å². The van der Waals surface area contributed by atoms with Crippen molar-refractivity contribution in [2.75, 3.05) is 23.7 Å². The van der Waals surface area contributed by atoms with Gasteiger partial charge in [0.25, 0.3) is 0 Å². The first-order valence-corrected chi connectivity index (χ1v) is 6.46. The van der Waals surface area contributed by atoms with Crippen LogP contribution in [0.2, 0.25) is 0 Å². The van der Waals surface area contributed by atoms with E-state index in [0.717, 1.165) is 36.6 Å². The van der Waals surface area contributed by atoms with Crippen molar-refractivity contribution in [3.63, 3.8) is 0 Å². The summed E-state index contributed by atoms with van der Waals surface area (Å²) in [5, 5.41) is 6.44. The van der Waals surface area contributed by atoms with E-state index in [1.807, 2.05) is 18.3 Å². The average molecular weight is 259 g/mol. The van der Waals surface area contributed by atoms with Crippen molar-refractivity contribution < 1.29 is 4.39 Å². The Balaban J connectivity index is 1.80. The largest absolute Gasteiger partial charge is 0.384 e. The summed E-state index contributed by atoms with van der Waals surface area (Å²) < 4.78 is 12.7. The first-order chi connectivity index (χ1) is 9.28. The van der Waals surface area contributed by atoms with Crippen LogP contribution in [0.5, 0.6) is 0 Å². The van der Waals surface area contributed by atoms with Gasteiger partial charge in [-0.15, -0.1) is 0 Å². The van der Waals surface area contributed by atoms with Crippen LogP contribution >= 0.6 is 0 Å². The van der Waals surface area contributed by atoms with Crippen LogP contribution in [0, 0.1) is 5.82 Å². The van der Waals surface area contributed by atoms with Crippen LogP contribution in [0.1, 0.15) is 12.5 Å². The molecule has 0 spiro atoms. The topological polar surface area (TPSA) is 37.0 Å². The highest BCUT2D eigenvalue weighted by atomic mass is 19.1. The lowest BCUT2D eigenvalue weighted by molar-refractivity contribution is 0.627. The summed E-state index contributed by atoms with van der Waals surface area (Å²) in [6.07, 6.45) is 2.65. The van der Waals surface area contributed by atoms with E-state index in [0.29, 0.717) is 0 Å². The highest BCUT2D eigenvalue weighted by molar-refractivity contribution is 5.47. The monoisotopic (exact) mass is 259 g/mol. The SMILES string of the molecule is CCNc1ccc(NCCc2ccc(F)cc2)nc1. The molecule has 0 aliphatic carbocycles. The van der Waals surface area contributed by atoms with Crippen LogP contribution in [-0.2, 0) is 6.42 Å². The summed E-state index contributed by atoms with van der Waals surface area (Å²) >= 11 is 0. The van der Waals surface area contributed by atoms with Gasteiger partial charge in [0, 0.05) is 13.1 Å². The summed E-state index contributed by atoms with van der Waals surface area (Å²) in [6.45, 7) is 3.72. The number of hydrogen-bond acceptors (Lipinski definition) is 3. The molecular weight excluding hydrogens is 241 g/mol. The minimum absolute atomic E-state index is 0.197. The van der Waals surface area contributed by atoms with Gasteiger partial charge < -0.3 is 10.6 Å². The number of nitrogens with one attached hydrogen (secondary N) is 2. The van der Waals surface area contributed by atoms with Crippen LogP contribution in [0.4, 0.5) is 15.9 Å². The summed E-state index contributed by atoms with van der Waals surface area (Å²) in [7, 11) is 0. The van der Waals surface area contributed by atoms with Crippen LogP contribution in [0.3, 0.4) is 0 Å². The average Bonchev–Trinajstić information content (AvgIpc) is 2.43. The number of pyridine rings is 1. The Morgan fingerprint density at radius 1 is 1.05 bits per heavy atom. The van der Waals surface area contributed by atoms with Crippen LogP contribution in [0.25, 0.3) is 0 Å². The molecule has 19 heavy (non-hydrogen) atoms. The number of aromatic nitrogens is 1. The van der Waals surface area contributed by atoms with E-state index in [1.54, 1.807) is 12.1 Å². The molecule has 0 saturated carbocycles. The molecule has 4 heteroatoms. The van der Waals surface area contributed by atoms with Gasteiger partial charge in [-0.05, 0) is 43.2 Å². The van der Waals surface area contributed by atoms with Gasteiger partial charge in [-0.2, -0.15) is 0 Å². The van der Waals surface area contributed by atoms with Crippen molar-refractivity contribution in [3.05, 3.63) is 54.0 Å². The van der Waals surface area contributed by atoms with Gasteiger partial charge in [0.1, 0.15) is 11.6 Å². The van der Waals surface area contributed by atoms with Crippen molar-refractivity contribution in [3.8, 4) is 0 Å². The molecule has 0 bridgehead atoms. The molecule has 0 aliphatic rings. The van der Waals surface area contributed by atoms with Gasteiger partial charge in [-0.25, -0.2) is 9.37 Å². The Labute approximate surface area is 112 Å². The van der Waals surface area contributed by atoms with Crippen molar-refractivity contribution in [2.45, 2.75) is 13.3 Å². The Morgan fingerprint density at radius 2 is 1.84 bits per heavy atom. The molecule has 100 valence electrons. The number of anilines is 2. The summed E-state index contributed by atoms with van der Waals surface area (Å²) in [6, 6.07) is 10.5. The molecule has 0 atom stereocenters. The Morgan fingerprint density at radius 3 is 2.47 bits per heavy atom. The molecular formula is C15H18FN3. The third-order valence-corrected chi connectivity index (χ3v) is 2.78. The smallest absolute Gasteiger partial charge is 0.126 e. The Kier molecular flexibility index (Phi) is 4.72. The van der Waals surface area contributed by atoms with Gasteiger partial charge in [-0.1, -0.05) is 12.1 Å². The van der Waals surface area contributed by atoms with Crippen molar-refractivity contribution in [1.82, 2.24) is 4.98 Å². The van der Waals surface area contributed by atoms with Crippen molar-refractivity contribution in [2.24, 2.45) is 0 Å². The number of benzene rings is 1. The van der Waals surface area contributed by atoms with Gasteiger partial charge in [0.05, 0.1) is 11.9 Å². The number of nitrogens with zero attached hydrogens (tertiary/aromatic N) is 1. The highest BCUT2D eigenvalue weighted by Gasteiger charge is 1.96. The molecule has 0 unspecified atom stereocenters. The number of halogens is 1. The Bertz CT molecular complexity index is 494. The van der Waals surface area contributed by atoms with E-state index in [4.69, 9.17) is 0 Å². The third-order valence-electron chi connectivity index (χ3n) is 2.78. The summed E-state index contributed by atoms with van der Waals surface area (Å²) in [5.41, 5.74) is 2.13. The molecule has 1 aromatic carbocycles. The second kappa shape index (κ2) is 6.73. The molecule has 2 rings (SSSR count). The van der Waals surface area contributed by atoms with Crippen LogP contribution < -0.4 is 10.6 Å². The van der Waals surface area contributed by atoms with Gasteiger partial charge >= 0.3 is 0 Å². The second-order valence-electron chi connectivity index (χ2n) is 4.27. The minimum atomic E-state index is -0.197. The molecule has 2 aromatic rings. The van der Waals surface area contributed by atoms with Gasteiger partial charge in [0.15, 0.2) is 0 Å². The van der Waals surface area contributed by atoms with Gasteiger partial charge in [0.2, 0.25) is 0 Å². The van der Waals surface area contributed by atoms with E-state index in [1.165, 1.54) is 12.1 Å². The van der Waals surface area contributed by atoms with E-state index in [2.05, 4.69) is 22.5 Å². The molecule has 3 nitrogen and oxygen atoms in total. The maximum absolute atomic E-state index is 12.7. The fourth-order valence-corrected chi connectivity index (χ4v) is 1.79. The fourth-order valence-electron chi connectivity index (χ4n) is 1.79. The zero-order chi connectivity index (χ0) is 13.5. The fraction of sp³-hybridized carbons (Fsp3) is 0.267. The molecule has 0 saturated heterocycles. The first-order valence-electron chi connectivity index (χ1n) is 6.46. The highest BCUT2D eigenvalue weighted by Crippen LogP contribution is 2.09. The van der Waals surface area contributed by atoms with Crippen molar-refractivity contribution in [1.29, 1.82) is 0 Å². The number of rotatable bonds is 6. The molecule has 1 aromatic heterocycles. The van der Waals surface area contributed by atoms with Crippen molar-refractivity contribution >= 4 is 11.5 Å². The zero-order valence-corrected chi connectivity index (χ0v) is 11.0. The minimum Gasteiger partial charge on any atom is -0.384 e. The van der Waals surface area contributed by atoms with Crippen LogP contribution in [-0.4, -0.2) is 18.1 Å². The molecule has 0 radical (unpaired) electrons. The second-order valence-corrected chi connectivity index (χ2v) is 4.27. The van der Waals surface area contributed by atoms with Crippen LogP contribution in [0.15, 0.2) is 42.6 Å². The van der Waals surface area contributed by atoms with E-state index in [-0.39, 0.29) is 5.82 Å². The number of hydrogen-bond donors (Lipinski definition) is 2. The molecule has 0 fully saturated rings. The lowest BCUT2D eigenvalue weighted by Gasteiger charge is -2.07. The predicted octanol–water partition coefficient (Wildman–Crippen LogP) is 3.31. The maximum atomic E-state index is 12.7. The van der Waals surface area contributed by atoms with E-state index in [9.17, 15) is 4.39 Å². The standard InChI is InChI=1S/C15H18FN3/c1-2-17-14-7-8-15(19-11-14)18-10-9-12-3-5-13(16)6-4-12/h3-8,11,17H,2,9-10H2,1H3,(H,18,19). The first kappa shape index (κ1) is 13.3. The van der Waals surface area contributed by atoms with E-state index >= 15 is 0 Å². The maximum Gasteiger partial charge on any atom is 0.126 e. The molecule has 0 amide bonds. The lowest BCUT2D eigenvalue weighted by Crippen LogP contribution is -2.06. The lowest BCUT2D eigenvalue weighted by atomic mass is 10.1. The molecule has 2 N–H and O–H groups in total. The normalized spacial score (nSPS) is 10.2. The molecule has 1 heterocycles. The summed E-state index contributed by atoms with van der Waals surface area (Å²) in [4.78, 5) is 4.31. The Hall–Kier alpha value is -2.10. The predicted molar refractivity (Wildman–Crippen MR) is 77.0 cm³/mol. The quantitative estimate of drug-likeness (QED) is 0.835. The molecule has 0 aliphatic heterocycles.